The second kappa shape index (κ2) is 5.63. The molecule has 104 valence electrons. The minimum atomic E-state index is 0.465. The Morgan fingerprint density at radius 2 is 1.67 bits per heavy atom. The molecule has 0 amide bonds. The average molecular weight is 276 g/mol. The first-order chi connectivity index (χ1) is 10.2. The van der Waals surface area contributed by atoms with Crippen LogP contribution in [0.15, 0.2) is 60.8 Å². The number of nitrogens with zero attached hydrogens (tertiary/aromatic N) is 2. The van der Waals surface area contributed by atoms with E-state index in [2.05, 4.69) is 22.2 Å². The number of anilines is 3. The summed E-state index contributed by atoms with van der Waals surface area (Å²) in [5.74, 6) is 0.960. The Balaban J connectivity index is 1.88. The highest BCUT2D eigenvalue weighted by Gasteiger charge is 2.06. The second-order valence-corrected chi connectivity index (χ2v) is 4.85. The number of nitrogen functional groups attached to an aromatic ring is 1. The number of nitrogens with two attached hydrogens (primary N) is 1. The fraction of sp³-hybridized carbons (Fsp3) is 0.0588. The molecule has 4 nitrogen and oxygen atoms in total. The molecule has 0 saturated carbocycles. The first-order valence-corrected chi connectivity index (χ1v) is 6.74. The summed E-state index contributed by atoms with van der Waals surface area (Å²) >= 11 is 0. The third-order valence-corrected chi connectivity index (χ3v) is 3.21. The molecule has 0 fully saturated rings. The number of aromatic nitrogens is 2. The van der Waals surface area contributed by atoms with Crippen molar-refractivity contribution in [2.45, 2.75) is 6.92 Å². The molecular formula is C17H16N4. The summed E-state index contributed by atoms with van der Waals surface area (Å²) in [5.41, 5.74) is 10.1. The first kappa shape index (κ1) is 13.1. The zero-order valence-corrected chi connectivity index (χ0v) is 11.7. The highest BCUT2D eigenvalue weighted by Crippen LogP contribution is 2.25. The van der Waals surface area contributed by atoms with Gasteiger partial charge >= 0.3 is 0 Å². The molecule has 0 radical (unpaired) electrons. The maximum atomic E-state index is 6.05. The van der Waals surface area contributed by atoms with Gasteiger partial charge in [-0.3, -0.25) is 0 Å². The van der Waals surface area contributed by atoms with Crippen LogP contribution >= 0.6 is 0 Å². The van der Waals surface area contributed by atoms with E-state index in [1.165, 1.54) is 5.56 Å². The smallest absolute Gasteiger partial charge is 0.229 e. The summed E-state index contributed by atoms with van der Waals surface area (Å²) in [7, 11) is 0. The van der Waals surface area contributed by atoms with Crippen molar-refractivity contribution in [3.8, 4) is 11.1 Å². The number of hydrogen-bond donors (Lipinski definition) is 2. The number of hydrogen-bond acceptors (Lipinski definition) is 4. The van der Waals surface area contributed by atoms with Gasteiger partial charge in [-0.2, -0.15) is 4.98 Å². The van der Waals surface area contributed by atoms with Crippen LogP contribution in [-0.4, -0.2) is 9.97 Å². The molecule has 21 heavy (non-hydrogen) atoms. The first-order valence-electron chi connectivity index (χ1n) is 6.74. The van der Waals surface area contributed by atoms with Crippen LogP contribution in [0.1, 0.15) is 5.56 Å². The fourth-order valence-corrected chi connectivity index (χ4v) is 2.06. The minimum Gasteiger partial charge on any atom is -0.383 e. The highest BCUT2D eigenvalue weighted by molar-refractivity contribution is 5.74. The summed E-state index contributed by atoms with van der Waals surface area (Å²) in [6, 6.07) is 17.9. The minimum absolute atomic E-state index is 0.465. The number of para-hydroxylation sites is 1. The molecule has 1 aromatic heterocycles. The maximum absolute atomic E-state index is 6.05. The molecule has 0 atom stereocenters. The van der Waals surface area contributed by atoms with E-state index in [0.717, 1.165) is 16.8 Å². The molecular weight excluding hydrogens is 260 g/mol. The van der Waals surface area contributed by atoms with Gasteiger partial charge in [-0.25, -0.2) is 4.98 Å². The van der Waals surface area contributed by atoms with Crippen molar-refractivity contribution in [1.29, 1.82) is 0 Å². The van der Waals surface area contributed by atoms with E-state index in [4.69, 9.17) is 5.73 Å². The molecule has 3 aromatic rings. The molecule has 4 heteroatoms. The van der Waals surface area contributed by atoms with E-state index < -0.39 is 0 Å². The van der Waals surface area contributed by atoms with E-state index in [0.29, 0.717) is 11.8 Å². The van der Waals surface area contributed by atoms with E-state index >= 15 is 0 Å². The number of benzene rings is 2. The van der Waals surface area contributed by atoms with Gasteiger partial charge in [0.1, 0.15) is 5.82 Å². The molecule has 1 heterocycles. The summed E-state index contributed by atoms with van der Waals surface area (Å²) in [5, 5.41) is 3.13. The number of rotatable bonds is 3. The average Bonchev–Trinajstić information content (AvgIpc) is 2.50. The summed E-state index contributed by atoms with van der Waals surface area (Å²) in [6.45, 7) is 2.05. The van der Waals surface area contributed by atoms with Gasteiger partial charge in [0.25, 0.3) is 0 Å². The van der Waals surface area contributed by atoms with Crippen LogP contribution < -0.4 is 11.1 Å². The standard InChI is InChI=1S/C17H16N4/c1-12-7-9-13(10-8-12)15-11-19-17(21-16(15)18)20-14-5-3-2-4-6-14/h2-11H,1H3,(H3,18,19,20,21). The Morgan fingerprint density at radius 3 is 2.33 bits per heavy atom. The molecule has 0 aliphatic heterocycles. The van der Waals surface area contributed by atoms with Crippen LogP contribution in [0.3, 0.4) is 0 Å². The molecule has 0 saturated heterocycles. The van der Waals surface area contributed by atoms with Crippen LogP contribution in [0.2, 0.25) is 0 Å². The van der Waals surface area contributed by atoms with Crippen molar-refractivity contribution in [3.63, 3.8) is 0 Å². The third kappa shape index (κ3) is 3.00. The van der Waals surface area contributed by atoms with Crippen LogP contribution in [0.4, 0.5) is 17.5 Å². The van der Waals surface area contributed by atoms with Gasteiger partial charge in [0.2, 0.25) is 5.95 Å². The second-order valence-electron chi connectivity index (χ2n) is 4.85. The zero-order chi connectivity index (χ0) is 14.7. The normalized spacial score (nSPS) is 10.3. The fourth-order valence-electron chi connectivity index (χ4n) is 2.06. The van der Waals surface area contributed by atoms with Crippen LogP contribution in [0.25, 0.3) is 11.1 Å². The predicted molar refractivity (Wildman–Crippen MR) is 86.3 cm³/mol. The van der Waals surface area contributed by atoms with Crippen LogP contribution in [-0.2, 0) is 0 Å². The lowest BCUT2D eigenvalue weighted by Crippen LogP contribution is -2.02. The van der Waals surface area contributed by atoms with Crippen molar-refractivity contribution < 1.29 is 0 Å². The quantitative estimate of drug-likeness (QED) is 0.764. The van der Waals surface area contributed by atoms with Gasteiger partial charge in [-0.05, 0) is 24.6 Å². The summed E-state index contributed by atoms with van der Waals surface area (Å²) in [4.78, 5) is 8.65. The zero-order valence-electron chi connectivity index (χ0n) is 11.7. The lowest BCUT2D eigenvalue weighted by Gasteiger charge is -2.08. The molecule has 0 unspecified atom stereocenters. The van der Waals surface area contributed by atoms with E-state index in [1.807, 2.05) is 54.6 Å². The van der Waals surface area contributed by atoms with Crippen molar-refractivity contribution in [3.05, 3.63) is 66.4 Å². The molecule has 0 spiro atoms. The molecule has 0 aliphatic rings. The van der Waals surface area contributed by atoms with Crippen molar-refractivity contribution in [2.24, 2.45) is 0 Å². The van der Waals surface area contributed by atoms with Gasteiger partial charge in [-0.15, -0.1) is 0 Å². The van der Waals surface area contributed by atoms with Gasteiger partial charge in [0.05, 0.1) is 0 Å². The van der Waals surface area contributed by atoms with Crippen molar-refractivity contribution in [1.82, 2.24) is 9.97 Å². The Labute approximate surface area is 123 Å². The maximum Gasteiger partial charge on any atom is 0.229 e. The Morgan fingerprint density at radius 1 is 0.952 bits per heavy atom. The lowest BCUT2D eigenvalue weighted by atomic mass is 10.1. The van der Waals surface area contributed by atoms with Gasteiger partial charge < -0.3 is 11.1 Å². The molecule has 2 aromatic carbocycles. The Hall–Kier alpha value is -2.88. The van der Waals surface area contributed by atoms with E-state index in [1.54, 1.807) is 6.20 Å². The van der Waals surface area contributed by atoms with Crippen LogP contribution in [0, 0.1) is 6.92 Å². The molecule has 0 aliphatic carbocycles. The largest absolute Gasteiger partial charge is 0.383 e. The lowest BCUT2D eigenvalue weighted by molar-refractivity contribution is 1.18. The highest BCUT2D eigenvalue weighted by atomic mass is 15.1. The SMILES string of the molecule is Cc1ccc(-c2cnc(Nc3ccccc3)nc2N)cc1. The van der Waals surface area contributed by atoms with Gasteiger partial charge in [0.15, 0.2) is 0 Å². The Bertz CT molecular complexity index is 736. The van der Waals surface area contributed by atoms with Gasteiger partial charge in [0, 0.05) is 17.4 Å². The summed E-state index contributed by atoms with van der Waals surface area (Å²) < 4.78 is 0. The van der Waals surface area contributed by atoms with Crippen molar-refractivity contribution in [2.75, 3.05) is 11.1 Å². The molecule has 3 N–H and O–H groups in total. The Kier molecular flexibility index (Phi) is 3.51. The number of nitrogens with one attached hydrogen (secondary N) is 1. The van der Waals surface area contributed by atoms with Gasteiger partial charge in [-0.1, -0.05) is 48.0 Å². The van der Waals surface area contributed by atoms with Crippen LogP contribution in [0.5, 0.6) is 0 Å². The molecule has 0 bridgehead atoms. The van der Waals surface area contributed by atoms with E-state index in [9.17, 15) is 0 Å². The molecule has 3 rings (SSSR count). The van der Waals surface area contributed by atoms with Crippen molar-refractivity contribution >= 4 is 17.5 Å². The predicted octanol–water partition coefficient (Wildman–Crippen LogP) is 3.78. The monoisotopic (exact) mass is 276 g/mol. The third-order valence-electron chi connectivity index (χ3n) is 3.21. The number of aryl methyl sites for hydroxylation is 1. The van der Waals surface area contributed by atoms with E-state index in [-0.39, 0.29) is 0 Å². The summed E-state index contributed by atoms with van der Waals surface area (Å²) in [6.07, 6.45) is 1.75. The topological polar surface area (TPSA) is 63.8 Å².